The fraction of sp³-hybridized carbons (Fsp3) is 0.667. The molecule has 3 heterocycles. The number of hydrogen-bond donors (Lipinski definition) is 0. The number of aryl methyl sites for hydroxylation is 1. The van der Waals surface area contributed by atoms with E-state index in [1.54, 1.807) is 19.3 Å². The SMILES string of the molecule is Cn1cc(C(=O)N2CCC(B3OC(C)(C)C(C)(C)O3)CC2)ccc1=O. The number of hydrogen-bond acceptors (Lipinski definition) is 4. The number of amides is 1. The number of rotatable bonds is 2. The van der Waals surface area contributed by atoms with E-state index >= 15 is 0 Å². The van der Waals surface area contributed by atoms with Crippen molar-refractivity contribution < 1.29 is 14.1 Å². The van der Waals surface area contributed by atoms with Crippen molar-refractivity contribution in [2.75, 3.05) is 13.1 Å². The molecule has 0 saturated carbocycles. The molecule has 136 valence electrons. The molecule has 0 spiro atoms. The fourth-order valence-electron chi connectivity index (χ4n) is 3.36. The van der Waals surface area contributed by atoms with E-state index in [0.29, 0.717) is 24.5 Å². The van der Waals surface area contributed by atoms with E-state index in [9.17, 15) is 9.59 Å². The lowest BCUT2D eigenvalue weighted by atomic mass is 9.67. The summed E-state index contributed by atoms with van der Waals surface area (Å²) in [6.45, 7) is 9.60. The Morgan fingerprint density at radius 2 is 1.68 bits per heavy atom. The van der Waals surface area contributed by atoms with Gasteiger partial charge in [0.25, 0.3) is 5.91 Å². The molecular weight excluding hydrogens is 319 g/mol. The average molecular weight is 346 g/mol. The van der Waals surface area contributed by atoms with E-state index in [1.807, 2.05) is 4.90 Å². The monoisotopic (exact) mass is 346 g/mol. The van der Waals surface area contributed by atoms with Crippen molar-refractivity contribution >= 4 is 13.0 Å². The first-order valence-electron chi connectivity index (χ1n) is 8.92. The van der Waals surface area contributed by atoms with Crippen LogP contribution >= 0.6 is 0 Å². The maximum Gasteiger partial charge on any atom is 0.461 e. The highest BCUT2D eigenvalue weighted by molar-refractivity contribution is 6.47. The molecule has 2 aliphatic rings. The average Bonchev–Trinajstić information content (AvgIpc) is 2.77. The van der Waals surface area contributed by atoms with Gasteiger partial charge in [0.1, 0.15) is 0 Å². The van der Waals surface area contributed by atoms with Crippen LogP contribution in [-0.2, 0) is 16.4 Å². The van der Waals surface area contributed by atoms with Gasteiger partial charge in [-0.1, -0.05) is 0 Å². The lowest BCUT2D eigenvalue weighted by Crippen LogP contribution is -2.41. The minimum absolute atomic E-state index is 0.0250. The number of carbonyl (C=O) groups excluding carboxylic acids is 1. The number of pyridine rings is 1. The van der Waals surface area contributed by atoms with Crippen LogP contribution in [0.25, 0.3) is 0 Å². The van der Waals surface area contributed by atoms with Crippen molar-refractivity contribution in [3.05, 3.63) is 34.2 Å². The van der Waals surface area contributed by atoms with Gasteiger partial charge in [-0.15, -0.1) is 0 Å². The van der Waals surface area contributed by atoms with Gasteiger partial charge in [0.2, 0.25) is 5.56 Å². The van der Waals surface area contributed by atoms with Gasteiger partial charge in [0.15, 0.2) is 0 Å². The predicted octanol–water partition coefficient (Wildman–Crippen LogP) is 2.08. The zero-order valence-corrected chi connectivity index (χ0v) is 15.7. The second-order valence-corrected chi connectivity index (χ2v) is 8.12. The Balaban J connectivity index is 1.61. The van der Waals surface area contributed by atoms with Crippen LogP contribution in [0.3, 0.4) is 0 Å². The molecule has 2 saturated heterocycles. The minimum atomic E-state index is -0.320. The van der Waals surface area contributed by atoms with Gasteiger partial charge >= 0.3 is 7.12 Å². The highest BCUT2D eigenvalue weighted by Gasteiger charge is 2.53. The number of carbonyl (C=O) groups is 1. The van der Waals surface area contributed by atoms with Crippen LogP contribution in [0.5, 0.6) is 0 Å². The summed E-state index contributed by atoms with van der Waals surface area (Å²) in [5.74, 6) is 0.271. The molecule has 7 heteroatoms. The van der Waals surface area contributed by atoms with Crippen LogP contribution < -0.4 is 5.56 Å². The van der Waals surface area contributed by atoms with Crippen molar-refractivity contribution in [1.29, 1.82) is 0 Å². The molecule has 0 atom stereocenters. The van der Waals surface area contributed by atoms with Crippen LogP contribution in [0.2, 0.25) is 5.82 Å². The maximum absolute atomic E-state index is 12.6. The largest absolute Gasteiger partial charge is 0.461 e. The van der Waals surface area contributed by atoms with Crippen molar-refractivity contribution in [2.24, 2.45) is 7.05 Å². The van der Waals surface area contributed by atoms with Crippen LogP contribution in [0.4, 0.5) is 0 Å². The normalized spacial score (nSPS) is 23.1. The first-order valence-corrected chi connectivity index (χ1v) is 8.92. The van der Waals surface area contributed by atoms with Gasteiger partial charge in [-0.3, -0.25) is 9.59 Å². The molecule has 3 rings (SSSR count). The van der Waals surface area contributed by atoms with Crippen LogP contribution in [0.1, 0.15) is 50.9 Å². The molecule has 1 aromatic rings. The minimum Gasteiger partial charge on any atom is -0.403 e. The molecule has 2 aliphatic heterocycles. The second kappa shape index (κ2) is 6.29. The summed E-state index contributed by atoms with van der Waals surface area (Å²) >= 11 is 0. The number of likely N-dealkylation sites (tertiary alicyclic amines) is 1. The predicted molar refractivity (Wildman–Crippen MR) is 96.7 cm³/mol. The zero-order valence-electron chi connectivity index (χ0n) is 15.7. The smallest absolute Gasteiger partial charge is 0.403 e. The van der Waals surface area contributed by atoms with Crippen LogP contribution in [0, 0.1) is 0 Å². The summed E-state index contributed by atoms with van der Waals surface area (Å²) in [5, 5.41) is 0. The Bertz CT molecular complexity index is 704. The van der Waals surface area contributed by atoms with E-state index in [1.165, 1.54) is 10.6 Å². The molecular formula is C18H27BN2O4. The standard InChI is InChI=1S/C18H27BN2O4/c1-17(2)18(3,4)25-19(24-17)14-8-10-21(11-9-14)16(23)13-6-7-15(22)20(5)12-13/h6-7,12,14H,8-11H2,1-5H3. The van der Waals surface area contributed by atoms with Crippen molar-refractivity contribution in [1.82, 2.24) is 9.47 Å². The van der Waals surface area contributed by atoms with Crippen molar-refractivity contribution in [3.63, 3.8) is 0 Å². The highest BCUT2D eigenvalue weighted by Crippen LogP contribution is 2.42. The molecule has 0 aromatic carbocycles. The molecule has 0 unspecified atom stereocenters. The van der Waals surface area contributed by atoms with Crippen molar-refractivity contribution in [2.45, 2.75) is 57.6 Å². The molecule has 0 aliphatic carbocycles. The van der Waals surface area contributed by atoms with Gasteiger partial charge in [-0.2, -0.15) is 0 Å². The van der Waals surface area contributed by atoms with E-state index < -0.39 is 0 Å². The molecule has 6 nitrogen and oxygen atoms in total. The molecule has 1 aromatic heterocycles. The first-order chi connectivity index (χ1) is 11.6. The summed E-state index contributed by atoms with van der Waals surface area (Å²) in [7, 11) is 1.45. The van der Waals surface area contributed by atoms with Gasteiger partial charge in [-0.05, 0) is 52.4 Å². The lowest BCUT2D eigenvalue weighted by Gasteiger charge is -2.32. The van der Waals surface area contributed by atoms with Crippen LogP contribution in [-0.4, -0.2) is 46.8 Å². The topological polar surface area (TPSA) is 60.8 Å². The first kappa shape index (κ1) is 18.2. The Kier molecular flexibility index (Phi) is 4.58. The summed E-state index contributed by atoms with van der Waals surface area (Å²) in [5.41, 5.74) is -0.203. The summed E-state index contributed by atoms with van der Waals surface area (Å²) in [6.07, 6.45) is 3.31. The highest BCUT2D eigenvalue weighted by atomic mass is 16.7. The van der Waals surface area contributed by atoms with E-state index in [-0.39, 0.29) is 29.8 Å². The van der Waals surface area contributed by atoms with Crippen molar-refractivity contribution in [3.8, 4) is 0 Å². The Morgan fingerprint density at radius 1 is 1.12 bits per heavy atom. The third kappa shape index (κ3) is 3.40. The molecule has 2 fully saturated rings. The van der Waals surface area contributed by atoms with Gasteiger partial charge in [0, 0.05) is 32.4 Å². The summed E-state index contributed by atoms with van der Waals surface area (Å²) in [6, 6.07) is 3.04. The Morgan fingerprint density at radius 3 is 2.20 bits per heavy atom. The Labute approximate surface area is 149 Å². The third-order valence-corrected chi connectivity index (χ3v) is 5.82. The third-order valence-electron chi connectivity index (χ3n) is 5.82. The van der Waals surface area contributed by atoms with E-state index in [2.05, 4.69) is 27.7 Å². The maximum atomic E-state index is 12.6. The number of aromatic nitrogens is 1. The Hall–Kier alpha value is -1.60. The van der Waals surface area contributed by atoms with E-state index in [4.69, 9.17) is 9.31 Å². The molecule has 0 bridgehead atoms. The quantitative estimate of drug-likeness (QED) is 0.770. The van der Waals surface area contributed by atoms with Gasteiger partial charge < -0.3 is 18.8 Å². The van der Waals surface area contributed by atoms with E-state index in [0.717, 1.165) is 12.8 Å². The van der Waals surface area contributed by atoms with Gasteiger partial charge in [0.05, 0.1) is 16.8 Å². The second-order valence-electron chi connectivity index (χ2n) is 8.12. The lowest BCUT2D eigenvalue weighted by molar-refractivity contribution is 0.00578. The number of piperidine rings is 1. The molecule has 0 radical (unpaired) electrons. The molecule has 1 amide bonds. The van der Waals surface area contributed by atoms with Gasteiger partial charge in [-0.25, -0.2) is 0 Å². The number of nitrogens with zero attached hydrogens (tertiary/aromatic N) is 2. The molecule has 25 heavy (non-hydrogen) atoms. The summed E-state index contributed by atoms with van der Waals surface area (Å²) < 4.78 is 13.7. The fourth-order valence-corrected chi connectivity index (χ4v) is 3.36. The summed E-state index contributed by atoms with van der Waals surface area (Å²) in [4.78, 5) is 26.0. The molecule has 0 N–H and O–H groups in total. The van der Waals surface area contributed by atoms with Crippen LogP contribution in [0.15, 0.2) is 23.1 Å². The zero-order chi connectivity index (χ0) is 18.4.